The van der Waals surface area contributed by atoms with Crippen LogP contribution in [-0.2, 0) is 13.0 Å². The number of rotatable bonds is 6. The van der Waals surface area contributed by atoms with Gasteiger partial charge in [-0.1, -0.05) is 6.07 Å². The molecule has 2 aromatic rings. The first kappa shape index (κ1) is 15.0. The largest absolute Gasteiger partial charge is 0.396 e. The van der Waals surface area contributed by atoms with E-state index in [1.807, 2.05) is 29.1 Å². The normalized spacial score (nSPS) is 24.5. The van der Waals surface area contributed by atoms with E-state index in [4.69, 9.17) is 5.11 Å². The van der Waals surface area contributed by atoms with Crippen molar-refractivity contribution >= 4 is 5.82 Å². The van der Waals surface area contributed by atoms with Crippen molar-refractivity contribution in [2.45, 2.75) is 38.0 Å². The smallest absolute Gasteiger partial charge is 0.129 e. The molecule has 118 valence electrons. The van der Waals surface area contributed by atoms with Crippen LogP contribution in [0.4, 0.5) is 5.82 Å². The molecule has 0 bridgehead atoms. The highest BCUT2D eigenvalue weighted by Crippen LogP contribution is 2.30. The van der Waals surface area contributed by atoms with Crippen LogP contribution in [0.5, 0.6) is 0 Å². The number of anilines is 1. The van der Waals surface area contributed by atoms with E-state index in [2.05, 4.69) is 15.4 Å². The second-order valence-corrected chi connectivity index (χ2v) is 5.87. The highest BCUT2D eigenvalue weighted by molar-refractivity contribution is 5.45. The summed E-state index contributed by atoms with van der Waals surface area (Å²) in [6, 6.07) is 5.72. The van der Waals surface area contributed by atoms with Gasteiger partial charge < -0.3 is 15.5 Å². The third-order valence-corrected chi connectivity index (χ3v) is 4.23. The maximum Gasteiger partial charge on any atom is 0.129 e. The number of aliphatic hydroxyl groups is 2. The van der Waals surface area contributed by atoms with Gasteiger partial charge in [0.15, 0.2) is 0 Å². The molecule has 2 aromatic heterocycles. The molecule has 6 heteroatoms. The Bertz CT molecular complexity index is 588. The molecule has 0 amide bonds. The number of nitrogens with zero attached hydrogens (tertiary/aromatic N) is 3. The molecule has 0 aromatic carbocycles. The van der Waals surface area contributed by atoms with Gasteiger partial charge in [0.2, 0.25) is 0 Å². The van der Waals surface area contributed by atoms with Crippen LogP contribution in [0.2, 0.25) is 0 Å². The zero-order valence-electron chi connectivity index (χ0n) is 12.5. The molecule has 6 nitrogen and oxygen atoms in total. The lowest BCUT2D eigenvalue weighted by Gasteiger charge is -2.19. The van der Waals surface area contributed by atoms with Crippen LogP contribution >= 0.6 is 0 Å². The fourth-order valence-corrected chi connectivity index (χ4v) is 3.16. The summed E-state index contributed by atoms with van der Waals surface area (Å²) < 4.78 is 1.91. The molecule has 0 radical (unpaired) electrons. The van der Waals surface area contributed by atoms with E-state index in [0.717, 1.165) is 30.8 Å². The van der Waals surface area contributed by atoms with Gasteiger partial charge in [-0.2, -0.15) is 5.10 Å². The number of hydrogen-bond donors (Lipinski definition) is 3. The fraction of sp³-hybridized carbons (Fsp3) is 0.500. The second kappa shape index (κ2) is 6.89. The maximum atomic E-state index is 10.3. The van der Waals surface area contributed by atoms with Gasteiger partial charge in [0, 0.05) is 31.7 Å². The maximum absolute atomic E-state index is 10.3. The van der Waals surface area contributed by atoms with E-state index in [-0.39, 0.29) is 18.8 Å². The molecular formula is C16H22N4O2. The monoisotopic (exact) mass is 302 g/mol. The Morgan fingerprint density at radius 2 is 2.18 bits per heavy atom. The second-order valence-electron chi connectivity index (χ2n) is 5.87. The summed E-state index contributed by atoms with van der Waals surface area (Å²) in [5.41, 5.74) is 0.979. The van der Waals surface area contributed by atoms with Crippen LogP contribution in [0.25, 0.3) is 0 Å². The molecule has 1 aliphatic rings. The molecule has 3 atom stereocenters. The van der Waals surface area contributed by atoms with Gasteiger partial charge in [0.1, 0.15) is 5.82 Å². The summed E-state index contributed by atoms with van der Waals surface area (Å²) in [7, 11) is 0. The number of nitrogens with one attached hydrogen (secondary N) is 1. The summed E-state index contributed by atoms with van der Waals surface area (Å²) in [5, 5.41) is 27.0. The Hall–Kier alpha value is -1.92. The van der Waals surface area contributed by atoms with Crippen molar-refractivity contribution < 1.29 is 10.2 Å². The third kappa shape index (κ3) is 3.45. The Kier molecular flexibility index (Phi) is 4.70. The quantitative estimate of drug-likeness (QED) is 0.743. The van der Waals surface area contributed by atoms with E-state index in [9.17, 15) is 5.11 Å². The standard InChI is InChI=1S/C16H22N4O2/c21-8-4-13-3-1-5-17-16(13)19-14-9-12(10-15(14)22)11-20-7-2-6-18-20/h1-3,5-7,12,14-15,21-22H,4,8-11H2,(H,17,19)/t12?,14-,15-/m1/s1. The summed E-state index contributed by atoms with van der Waals surface area (Å²) in [6.45, 7) is 0.920. The lowest BCUT2D eigenvalue weighted by Crippen LogP contribution is -2.29. The average Bonchev–Trinajstić information content (AvgIpc) is 3.12. The van der Waals surface area contributed by atoms with Gasteiger partial charge in [-0.25, -0.2) is 4.98 Å². The number of pyridine rings is 1. The van der Waals surface area contributed by atoms with Gasteiger partial charge >= 0.3 is 0 Å². The number of aromatic nitrogens is 3. The Balaban J connectivity index is 1.63. The van der Waals surface area contributed by atoms with Crippen LogP contribution in [0.3, 0.4) is 0 Å². The van der Waals surface area contributed by atoms with Crippen LogP contribution in [0.15, 0.2) is 36.8 Å². The Morgan fingerprint density at radius 3 is 2.95 bits per heavy atom. The lowest BCUT2D eigenvalue weighted by atomic mass is 10.1. The predicted molar refractivity (Wildman–Crippen MR) is 83.4 cm³/mol. The zero-order chi connectivity index (χ0) is 15.4. The van der Waals surface area contributed by atoms with Crippen LogP contribution in [0, 0.1) is 5.92 Å². The van der Waals surface area contributed by atoms with Crippen molar-refractivity contribution in [3.8, 4) is 0 Å². The average molecular weight is 302 g/mol. The predicted octanol–water partition coefficient (Wildman–Crippen LogP) is 1.06. The molecule has 1 unspecified atom stereocenters. The van der Waals surface area contributed by atoms with Crippen LogP contribution in [-0.4, -0.2) is 43.7 Å². The molecule has 22 heavy (non-hydrogen) atoms. The summed E-state index contributed by atoms with van der Waals surface area (Å²) in [6.07, 6.45) is 7.28. The molecule has 0 saturated heterocycles. The molecule has 0 spiro atoms. The molecule has 1 saturated carbocycles. The van der Waals surface area contributed by atoms with Crippen LogP contribution in [0.1, 0.15) is 18.4 Å². The van der Waals surface area contributed by atoms with E-state index in [0.29, 0.717) is 12.3 Å². The van der Waals surface area contributed by atoms with E-state index in [1.165, 1.54) is 0 Å². The minimum Gasteiger partial charge on any atom is -0.396 e. The number of aliphatic hydroxyl groups excluding tert-OH is 2. The van der Waals surface area contributed by atoms with Gasteiger partial charge in [0.05, 0.1) is 12.1 Å². The summed E-state index contributed by atoms with van der Waals surface area (Å²) >= 11 is 0. The van der Waals surface area contributed by atoms with Gasteiger partial charge in [-0.05, 0) is 42.9 Å². The lowest BCUT2D eigenvalue weighted by molar-refractivity contribution is 0.165. The van der Waals surface area contributed by atoms with Gasteiger partial charge in [0.25, 0.3) is 0 Å². The fourth-order valence-electron chi connectivity index (χ4n) is 3.16. The molecule has 1 aliphatic carbocycles. The van der Waals surface area contributed by atoms with Crippen molar-refractivity contribution in [3.05, 3.63) is 42.4 Å². The molecule has 0 aliphatic heterocycles. The topological polar surface area (TPSA) is 83.2 Å². The van der Waals surface area contributed by atoms with Crippen molar-refractivity contribution in [3.63, 3.8) is 0 Å². The van der Waals surface area contributed by atoms with Crippen molar-refractivity contribution in [2.24, 2.45) is 5.92 Å². The van der Waals surface area contributed by atoms with Crippen molar-refractivity contribution in [1.29, 1.82) is 0 Å². The summed E-state index contributed by atoms with van der Waals surface area (Å²) in [4.78, 5) is 4.35. The van der Waals surface area contributed by atoms with Crippen LogP contribution < -0.4 is 5.32 Å². The van der Waals surface area contributed by atoms with Gasteiger partial charge in [-0.15, -0.1) is 0 Å². The molecule has 1 fully saturated rings. The van der Waals surface area contributed by atoms with E-state index >= 15 is 0 Å². The SMILES string of the molecule is OCCc1cccnc1N[C@@H]1CC(Cn2cccn2)C[C@H]1O. The van der Waals surface area contributed by atoms with E-state index < -0.39 is 0 Å². The zero-order valence-corrected chi connectivity index (χ0v) is 12.5. The first-order chi connectivity index (χ1) is 10.8. The van der Waals surface area contributed by atoms with Gasteiger partial charge in [-0.3, -0.25) is 4.68 Å². The minimum absolute atomic E-state index is 0.00657. The minimum atomic E-state index is -0.385. The van der Waals surface area contributed by atoms with E-state index in [1.54, 1.807) is 12.4 Å². The van der Waals surface area contributed by atoms with Crippen molar-refractivity contribution in [2.75, 3.05) is 11.9 Å². The Labute approximate surface area is 129 Å². The highest BCUT2D eigenvalue weighted by atomic mass is 16.3. The highest BCUT2D eigenvalue weighted by Gasteiger charge is 2.33. The first-order valence-corrected chi connectivity index (χ1v) is 7.73. The molecule has 3 N–H and O–H groups in total. The molecule has 3 rings (SSSR count). The summed E-state index contributed by atoms with van der Waals surface area (Å²) in [5.74, 6) is 1.16. The Morgan fingerprint density at radius 1 is 1.27 bits per heavy atom. The molecule has 2 heterocycles. The number of hydrogen-bond acceptors (Lipinski definition) is 5. The first-order valence-electron chi connectivity index (χ1n) is 7.73. The third-order valence-electron chi connectivity index (χ3n) is 4.23. The van der Waals surface area contributed by atoms with Crippen molar-refractivity contribution in [1.82, 2.24) is 14.8 Å². The molecular weight excluding hydrogens is 280 g/mol.